The summed E-state index contributed by atoms with van der Waals surface area (Å²) in [6.07, 6.45) is 5.52. The smallest absolute Gasteiger partial charge is 0.262 e. The minimum atomic E-state index is -0.434. The highest BCUT2D eigenvalue weighted by Crippen LogP contribution is 2.34. The Morgan fingerprint density at radius 1 is 1.17 bits per heavy atom. The SMILES string of the molecule is C=CCOc1c(CC=C)cc(/C=C(\C#N)C(=O)NCc2ccccc2)cc1OCC. The molecule has 0 radical (unpaired) electrons. The molecule has 0 atom stereocenters. The normalized spacial score (nSPS) is 10.6. The number of nitriles is 1. The van der Waals surface area contributed by atoms with Gasteiger partial charge in [0.25, 0.3) is 5.91 Å². The van der Waals surface area contributed by atoms with Gasteiger partial charge >= 0.3 is 0 Å². The molecule has 0 aliphatic rings. The summed E-state index contributed by atoms with van der Waals surface area (Å²) < 4.78 is 11.5. The van der Waals surface area contributed by atoms with E-state index in [1.165, 1.54) is 0 Å². The summed E-state index contributed by atoms with van der Waals surface area (Å²) in [5.41, 5.74) is 2.50. The van der Waals surface area contributed by atoms with E-state index in [0.717, 1.165) is 11.1 Å². The first-order chi connectivity index (χ1) is 14.6. The Morgan fingerprint density at radius 3 is 2.57 bits per heavy atom. The molecule has 0 unspecified atom stereocenters. The fourth-order valence-electron chi connectivity index (χ4n) is 2.83. The minimum absolute atomic E-state index is 0.0118. The zero-order chi connectivity index (χ0) is 21.8. The number of carbonyl (C=O) groups excluding carboxylic acids is 1. The number of benzene rings is 2. The molecule has 1 N–H and O–H groups in total. The summed E-state index contributed by atoms with van der Waals surface area (Å²) in [7, 11) is 0. The van der Waals surface area contributed by atoms with Gasteiger partial charge in [-0.25, -0.2) is 0 Å². The second kappa shape index (κ2) is 11.9. The monoisotopic (exact) mass is 402 g/mol. The van der Waals surface area contributed by atoms with Gasteiger partial charge in [0, 0.05) is 12.1 Å². The third-order valence-corrected chi connectivity index (χ3v) is 4.14. The topological polar surface area (TPSA) is 71.3 Å². The van der Waals surface area contributed by atoms with Crippen molar-refractivity contribution in [2.45, 2.75) is 19.9 Å². The largest absolute Gasteiger partial charge is 0.490 e. The molecule has 0 saturated heterocycles. The molecule has 2 rings (SSSR count). The summed E-state index contributed by atoms with van der Waals surface area (Å²) in [4.78, 5) is 12.5. The maximum Gasteiger partial charge on any atom is 0.262 e. The second-order valence-electron chi connectivity index (χ2n) is 6.37. The predicted molar refractivity (Wildman–Crippen MR) is 119 cm³/mol. The number of nitrogens with zero attached hydrogens (tertiary/aromatic N) is 1. The highest BCUT2D eigenvalue weighted by atomic mass is 16.5. The van der Waals surface area contributed by atoms with E-state index >= 15 is 0 Å². The van der Waals surface area contributed by atoms with E-state index in [4.69, 9.17) is 9.47 Å². The molecule has 2 aromatic rings. The van der Waals surface area contributed by atoms with Crippen LogP contribution in [0.25, 0.3) is 6.08 Å². The molecule has 30 heavy (non-hydrogen) atoms. The molecule has 0 aromatic heterocycles. The summed E-state index contributed by atoms with van der Waals surface area (Å²) in [5.74, 6) is 0.726. The lowest BCUT2D eigenvalue weighted by molar-refractivity contribution is -0.117. The van der Waals surface area contributed by atoms with Gasteiger partial charge < -0.3 is 14.8 Å². The lowest BCUT2D eigenvalue weighted by atomic mass is 10.0. The van der Waals surface area contributed by atoms with Gasteiger partial charge in [0.2, 0.25) is 0 Å². The van der Waals surface area contributed by atoms with Crippen molar-refractivity contribution in [2.24, 2.45) is 0 Å². The number of amides is 1. The number of ether oxygens (including phenoxy) is 2. The molecule has 154 valence electrons. The van der Waals surface area contributed by atoms with Crippen molar-refractivity contribution >= 4 is 12.0 Å². The Balaban J connectivity index is 2.33. The van der Waals surface area contributed by atoms with Crippen LogP contribution in [0.1, 0.15) is 23.6 Å². The molecule has 1 amide bonds. The average molecular weight is 402 g/mol. The van der Waals surface area contributed by atoms with Crippen LogP contribution in [0, 0.1) is 11.3 Å². The molecule has 0 fully saturated rings. The van der Waals surface area contributed by atoms with Crippen molar-refractivity contribution in [3.63, 3.8) is 0 Å². The summed E-state index contributed by atoms with van der Waals surface area (Å²) in [6.45, 7) is 10.5. The van der Waals surface area contributed by atoms with E-state index in [9.17, 15) is 10.1 Å². The van der Waals surface area contributed by atoms with Gasteiger partial charge in [-0.05, 0) is 42.7 Å². The molecular weight excluding hydrogens is 376 g/mol. The lowest BCUT2D eigenvalue weighted by Gasteiger charge is -2.16. The van der Waals surface area contributed by atoms with Crippen LogP contribution in [-0.4, -0.2) is 19.1 Å². The fraction of sp³-hybridized carbons (Fsp3) is 0.200. The Labute approximate surface area is 177 Å². The van der Waals surface area contributed by atoms with Crippen molar-refractivity contribution in [3.8, 4) is 17.6 Å². The van der Waals surface area contributed by atoms with Gasteiger partial charge in [0.1, 0.15) is 18.2 Å². The summed E-state index contributed by atoms with van der Waals surface area (Å²) in [5, 5.41) is 12.3. The van der Waals surface area contributed by atoms with E-state index < -0.39 is 5.91 Å². The van der Waals surface area contributed by atoms with E-state index in [1.807, 2.05) is 49.4 Å². The molecule has 0 aliphatic heterocycles. The van der Waals surface area contributed by atoms with Gasteiger partial charge in [-0.2, -0.15) is 5.26 Å². The lowest BCUT2D eigenvalue weighted by Crippen LogP contribution is -2.23. The Hall–Kier alpha value is -3.78. The van der Waals surface area contributed by atoms with Gasteiger partial charge in [0.15, 0.2) is 11.5 Å². The van der Waals surface area contributed by atoms with Crippen molar-refractivity contribution in [3.05, 3.63) is 90.0 Å². The van der Waals surface area contributed by atoms with Crippen LogP contribution in [0.15, 0.2) is 73.3 Å². The van der Waals surface area contributed by atoms with E-state index in [-0.39, 0.29) is 5.57 Å². The first kappa shape index (κ1) is 22.5. The standard InChI is InChI=1S/C25H26N2O3/c1-4-10-21-14-20(16-23(29-6-3)24(21)30-13-5-2)15-22(17-26)25(28)27-18-19-11-8-7-9-12-19/h4-5,7-9,11-12,14-16H,1-2,6,10,13,18H2,3H3,(H,27,28)/b22-15+. The van der Waals surface area contributed by atoms with Gasteiger partial charge in [-0.1, -0.05) is 49.1 Å². The van der Waals surface area contributed by atoms with Crippen LogP contribution in [0.2, 0.25) is 0 Å². The molecule has 0 aliphatic carbocycles. The van der Waals surface area contributed by atoms with Crippen LogP contribution in [0.4, 0.5) is 0 Å². The number of rotatable bonds is 11. The van der Waals surface area contributed by atoms with Crippen molar-refractivity contribution in [1.82, 2.24) is 5.32 Å². The number of hydrogen-bond donors (Lipinski definition) is 1. The molecule has 0 saturated carbocycles. The van der Waals surface area contributed by atoms with Crippen molar-refractivity contribution in [1.29, 1.82) is 5.26 Å². The summed E-state index contributed by atoms with van der Waals surface area (Å²) in [6, 6.07) is 15.1. The number of allylic oxidation sites excluding steroid dienone is 1. The Morgan fingerprint density at radius 2 is 1.93 bits per heavy atom. The van der Waals surface area contributed by atoms with E-state index in [0.29, 0.717) is 43.2 Å². The minimum Gasteiger partial charge on any atom is -0.490 e. The van der Waals surface area contributed by atoms with Crippen LogP contribution in [0.5, 0.6) is 11.5 Å². The Bertz CT molecular complexity index is 956. The maximum atomic E-state index is 12.5. The molecule has 0 heterocycles. The highest BCUT2D eigenvalue weighted by molar-refractivity contribution is 6.01. The van der Waals surface area contributed by atoms with Crippen LogP contribution in [0.3, 0.4) is 0 Å². The number of nitrogens with one attached hydrogen (secondary N) is 1. The molecule has 0 bridgehead atoms. The van der Waals surface area contributed by atoms with Gasteiger partial charge in [-0.3, -0.25) is 4.79 Å². The predicted octanol–water partition coefficient (Wildman–Crippen LogP) is 4.60. The van der Waals surface area contributed by atoms with Crippen molar-refractivity contribution < 1.29 is 14.3 Å². The first-order valence-corrected chi connectivity index (χ1v) is 9.71. The second-order valence-corrected chi connectivity index (χ2v) is 6.37. The van der Waals surface area contributed by atoms with Gasteiger partial charge in [-0.15, -0.1) is 6.58 Å². The molecule has 0 spiro atoms. The third-order valence-electron chi connectivity index (χ3n) is 4.14. The van der Waals surface area contributed by atoms with E-state index in [1.54, 1.807) is 24.3 Å². The Kier molecular flexibility index (Phi) is 8.95. The number of hydrogen-bond acceptors (Lipinski definition) is 4. The quantitative estimate of drug-likeness (QED) is 0.339. The highest BCUT2D eigenvalue weighted by Gasteiger charge is 2.14. The van der Waals surface area contributed by atoms with Crippen molar-refractivity contribution in [2.75, 3.05) is 13.2 Å². The van der Waals surface area contributed by atoms with Gasteiger partial charge in [0.05, 0.1) is 6.61 Å². The van der Waals surface area contributed by atoms with Crippen LogP contribution < -0.4 is 14.8 Å². The number of carbonyl (C=O) groups is 1. The zero-order valence-corrected chi connectivity index (χ0v) is 17.2. The summed E-state index contributed by atoms with van der Waals surface area (Å²) >= 11 is 0. The fourth-order valence-corrected chi connectivity index (χ4v) is 2.83. The molecule has 2 aromatic carbocycles. The third kappa shape index (κ3) is 6.39. The van der Waals surface area contributed by atoms with Crippen LogP contribution in [-0.2, 0) is 17.8 Å². The molecule has 5 nitrogen and oxygen atoms in total. The maximum absolute atomic E-state index is 12.5. The zero-order valence-electron chi connectivity index (χ0n) is 17.2. The first-order valence-electron chi connectivity index (χ1n) is 9.71. The molecular formula is C25H26N2O3. The van der Waals surface area contributed by atoms with E-state index in [2.05, 4.69) is 18.5 Å². The average Bonchev–Trinajstić information content (AvgIpc) is 2.76. The van der Waals surface area contributed by atoms with Crippen LogP contribution >= 0.6 is 0 Å². The molecule has 5 heteroatoms.